The van der Waals surface area contributed by atoms with Crippen LogP contribution in [0.5, 0.6) is 0 Å². The summed E-state index contributed by atoms with van der Waals surface area (Å²) in [6, 6.07) is -0.320. The highest BCUT2D eigenvalue weighted by Crippen LogP contribution is 2.24. The first kappa shape index (κ1) is 9.99. The molecule has 1 atom stereocenters. The lowest BCUT2D eigenvalue weighted by atomic mass is 9.99. The molecule has 5 heteroatoms. The molecule has 0 radical (unpaired) electrons. The van der Waals surface area contributed by atoms with Gasteiger partial charge in [0, 0.05) is 19.5 Å². The monoisotopic (exact) mass is 207 g/mol. The van der Waals surface area contributed by atoms with Crippen LogP contribution in [-0.2, 0) is 4.79 Å². The Labute approximate surface area is 88.2 Å². The fourth-order valence-corrected chi connectivity index (χ4v) is 2.04. The summed E-state index contributed by atoms with van der Waals surface area (Å²) in [5.74, 6) is 2.28. The fourth-order valence-electron chi connectivity index (χ4n) is 2.04. The maximum Gasteiger partial charge on any atom is 0.325 e. The van der Waals surface area contributed by atoms with Crippen LogP contribution in [0.3, 0.4) is 0 Å². The van der Waals surface area contributed by atoms with E-state index in [2.05, 4.69) is 16.6 Å². The second-order valence-electron chi connectivity index (χ2n) is 3.85. The zero-order valence-corrected chi connectivity index (χ0v) is 8.38. The molecule has 3 amide bonds. The Morgan fingerprint density at radius 3 is 2.93 bits per heavy atom. The topological polar surface area (TPSA) is 61.4 Å². The van der Waals surface area contributed by atoms with Gasteiger partial charge in [-0.15, -0.1) is 12.3 Å². The number of urea groups is 1. The molecule has 1 unspecified atom stereocenters. The first-order valence-corrected chi connectivity index (χ1v) is 4.98. The van der Waals surface area contributed by atoms with E-state index < -0.39 is 5.54 Å². The highest BCUT2D eigenvalue weighted by atomic mass is 16.2. The molecule has 2 aliphatic heterocycles. The van der Waals surface area contributed by atoms with Crippen molar-refractivity contribution < 1.29 is 9.59 Å². The molecule has 1 spiro atoms. The maximum absolute atomic E-state index is 12.0. The summed E-state index contributed by atoms with van der Waals surface area (Å²) in [6.45, 7) is 1.59. The van der Waals surface area contributed by atoms with Crippen molar-refractivity contribution in [1.82, 2.24) is 15.5 Å². The van der Waals surface area contributed by atoms with Gasteiger partial charge in [-0.3, -0.25) is 9.69 Å². The molecule has 2 saturated heterocycles. The number of terminal acetylenes is 1. The number of nitrogens with one attached hydrogen (secondary N) is 2. The van der Waals surface area contributed by atoms with E-state index in [1.54, 1.807) is 0 Å². The molecule has 0 aliphatic carbocycles. The van der Waals surface area contributed by atoms with Crippen molar-refractivity contribution in [2.75, 3.05) is 19.6 Å². The minimum Gasteiger partial charge on any atom is -0.322 e. The highest BCUT2D eigenvalue weighted by molar-refractivity contribution is 6.07. The third-order valence-electron chi connectivity index (χ3n) is 2.88. The first-order chi connectivity index (χ1) is 7.19. The number of nitrogens with zero attached hydrogens (tertiary/aromatic N) is 1. The molecule has 2 aliphatic rings. The highest BCUT2D eigenvalue weighted by Gasteiger charge is 2.52. The molecule has 0 aromatic heterocycles. The van der Waals surface area contributed by atoms with Crippen LogP contribution >= 0.6 is 0 Å². The van der Waals surface area contributed by atoms with E-state index in [4.69, 9.17) is 6.42 Å². The number of carbonyl (C=O) groups is 2. The average molecular weight is 207 g/mol. The Balaban J connectivity index is 2.13. The molecule has 0 aromatic rings. The normalized spacial score (nSPS) is 29.7. The summed E-state index contributed by atoms with van der Waals surface area (Å²) < 4.78 is 0. The van der Waals surface area contributed by atoms with Crippen LogP contribution in [0, 0.1) is 12.3 Å². The predicted molar refractivity (Wildman–Crippen MR) is 53.9 cm³/mol. The SMILES string of the molecule is C#CCCN1C(=O)NC2(CCNC2)C1=O. The zero-order valence-electron chi connectivity index (χ0n) is 8.38. The molecule has 15 heavy (non-hydrogen) atoms. The minimum atomic E-state index is -0.703. The van der Waals surface area contributed by atoms with Crippen molar-refractivity contribution in [3.05, 3.63) is 0 Å². The van der Waals surface area contributed by atoms with Gasteiger partial charge in [-0.1, -0.05) is 0 Å². The van der Waals surface area contributed by atoms with Gasteiger partial charge in [0.15, 0.2) is 0 Å². The largest absolute Gasteiger partial charge is 0.325 e. The smallest absolute Gasteiger partial charge is 0.322 e. The van der Waals surface area contributed by atoms with Crippen LogP contribution in [0.2, 0.25) is 0 Å². The summed E-state index contributed by atoms with van der Waals surface area (Å²) >= 11 is 0. The minimum absolute atomic E-state index is 0.146. The zero-order chi connectivity index (χ0) is 10.9. The number of carbonyl (C=O) groups excluding carboxylic acids is 2. The Kier molecular flexibility index (Phi) is 2.37. The Morgan fingerprint density at radius 2 is 2.33 bits per heavy atom. The van der Waals surface area contributed by atoms with Gasteiger partial charge in [0.05, 0.1) is 0 Å². The predicted octanol–water partition coefficient (Wildman–Crippen LogP) is -0.706. The summed E-state index contributed by atoms with van der Waals surface area (Å²) in [6.07, 6.45) is 6.17. The molecule has 0 aromatic carbocycles. The van der Waals surface area contributed by atoms with Crippen molar-refractivity contribution in [2.24, 2.45) is 0 Å². The van der Waals surface area contributed by atoms with E-state index >= 15 is 0 Å². The van der Waals surface area contributed by atoms with Gasteiger partial charge in [-0.05, 0) is 13.0 Å². The van der Waals surface area contributed by atoms with Crippen molar-refractivity contribution in [3.8, 4) is 12.3 Å². The molecule has 2 rings (SSSR count). The van der Waals surface area contributed by atoms with E-state index in [0.717, 1.165) is 6.54 Å². The van der Waals surface area contributed by atoms with Gasteiger partial charge < -0.3 is 10.6 Å². The molecule has 2 N–H and O–H groups in total. The van der Waals surface area contributed by atoms with E-state index in [1.807, 2.05) is 0 Å². The molecule has 2 fully saturated rings. The van der Waals surface area contributed by atoms with Crippen LogP contribution in [0.1, 0.15) is 12.8 Å². The lowest BCUT2D eigenvalue weighted by molar-refractivity contribution is -0.130. The lowest BCUT2D eigenvalue weighted by Crippen LogP contribution is -2.48. The summed E-state index contributed by atoms with van der Waals surface area (Å²) in [5, 5.41) is 5.82. The molecule has 0 bridgehead atoms. The van der Waals surface area contributed by atoms with Gasteiger partial charge in [-0.25, -0.2) is 4.79 Å². The molecular formula is C10H13N3O2. The number of imide groups is 1. The third-order valence-corrected chi connectivity index (χ3v) is 2.88. The molecule has 2 heterocycles. The maximum atomic E-state index is 12.0. The first-order valence-electron chi connectivity index (χ1n) is 4.98. The van der Waals surface area contributed by atoms with Gasteiger partial charge >= 0.3 is 6.03 Å². The third kappa shape index (κ3) is 1.47. The van der Waals surface area contributed by atoms with E-state index in [0.29, 0.717) is 25.9 Å². The summed E-state index contributed by atoms with van der Waals surface area (Å²) in [4.78, 5) is 24.7. The molecular weight excluding hydrogens is 194 g/mol. The Morgan fingerprint density at radius 1 is 1.53 bits per heavy atom. The van der Waals surface area contributed by atoms with Crippen molar-refractivity contribution in [1.29, 1.82) is 0 Å². The second-order valence-corrected chi connectivity index (χ2v) is 3.85. The van der Waals surface area contributed by atoms with Gasteiger partial charge in [0.1, 0.15) is 5.54 Å². The lowest BCUT2D eigenvalue weighted by Gasteiger charge is -2.18. The van der Waals surface area contributed by atoms with Gasteiger partial charge in [-0.2, -0.15) is 0 Å². The molecule has 0 saturated carbocycles. The molecule has 80 valence electrons. The summed E-state index contributed by atoms with van der Waals surface area (Å²) in [7, 11) is 0. The number of hydrogen-bond donors (Lipinski definition) is 2. The standard InChI is InChI=1S/C10H13N3O2/c1-2-3-6-13-8(14)10(12-9(13)15)4-5-11-7-10/h1,11H,3-7H2,(H,12,15). The van der Waals surface area contributed by atoms with Crippen molar-refractivity contribution >= 4 is 11.9 Å². The molecule has 5 nitrogen and oxygen atoms in total. The summed E-state index contributed by atoms with van der Waals surface area (Å²) in [5.41, 5.74) is -0.703. The van der Waals surface area contributed by atoms with Gasteiger partial charge in [0.2, 0.25) is 0 Å². The second kappa shape index (κ2) is 3.55. The van der Waals surface area contributed by atoms with Crippen LogP contribution in [0.25, 0.3) is 0 Å². The number of rotatable bonds is 2. The number of amides is 3. The van der Waals surface area contributed by atoms with Crippen LogP contribution < -0.4 is 10.6 Å². The quantitative estimate of drug-likeness (QED) is 0.464. The Hall–Kier alpha value is -1.54. The van der Waals surface area contributed by atoms with Crippen LogP contribution in [0.15, 0.2) is 0 Å². The van der Waals surface area contributed by atoms with Crippen LogP contribution in [-0.4, -0.2) is 42.0 Å². The van der Waals surface area contributed by atoms with E-state index in [-0.39, 0.29) is 11.9 Å². The number of hydrogen-bond acceptors (Lipinski definition) is 3. The van der Waals surface area contributed by atoms with E-state index in [9.17, 15) is 9.59 Å². The Bertz CT molecular complexity index is 339. The van der Waals surface area contributed by atoms with E-state index in [1.165, 1.54) is 4.90 Å². The van der Waals surface area contributed by atoms with Crippen LogP contribution in [0.4, 0.5) is 4.79 Å². The van der Waals surface area contributed by atoms with Crippen molar-refractivity contribution in [2.45, 2.75) is 18.4 Å². The van der Waals surface area contributed by atoms with Gasteiger partial charge in [0.25, 0.3) is 5.91 Å². The fraction of sp³-hybridized carbons (Fsp3) is 0.600. The average Bonchev–Trinajstić information content (AvgIpc) is 2.75. The van der Waals surface area contributed by atoms with Crippen molar-refractivity contribution in [3.63, 3.8) is 0 Å².